The first-order valence-electron chi connectivity index (χ1n) is 6.34. The van der Waals surface area contributed by atoms with E-state index in [2.05, 4.69) is 9.88 Å². The van der Waals surface area contributed by atoms with Gasteiger partial charge in [0.15, 0.2) is 0 Å². The molecular formula is C13H17N3OS. The van der Waals surface area contributed by atoms with Crippen molar-refractivity contribution in [3.05, 3.63) is 24.0 Å². The van der Waals surface area contributed by atoms with Crippen LogP contribution >= 0.6 is 12.2 Å². The first-order chi connectivity index (χ1) is 8.65. The largest absolute Gasteiger partial charge is 0.393 e. The number of pyridine rings is 1. The van der Waals surface area contributed by atoms with Crippen LogP contribution in [0.25, 0.3) is 0 Å². The van der Waals surface area contributed by atoms with Gasteiger partial charge in [0.1, 0.15) is 4.99 Å². The van der Waals surface area contributed by atoms with E-state index in [0.717, 1.165) is 31.6 Å². The highest BCUT2D eigenvalue weighted by Gasteiger charge is 2.41. The van der Waals surface area contributed by atoms with Crippen LogP contribution in [0.15, 0.2) is 18.3 Å². The molecule has 5 heteroatoms. The number of thiocarbonyl (C=S) groups is 1. The van der Waals surface area contributed by atoms with Crippen LogP contribution < -0.4 is 10.6 Å². The van der Waals surface area contributed by atoms with Gasteiger partial charge in [0.25, 0.3) is 0 Å². The predicted molar refractivity (Wildman–Crippen MR) is 74.6 cm³/mol. The smallest absolute Gasteiger partial charge is 0.122 e. The molecule has 3 atom stereocenters. The summed E-state index contributed by atoms with van der Waals surface area (Å²) >= 11 is 4.89. The molecule has 0 radical (unpaired) electrons. The number of rotatable bonds is 2. The zero-order valence-electron chi connectivity index (χ0n) is 10.1. The average molecular weight is 263 g/mol. The van der Waals surface area contributed by atoms with Gasteiger partial charge >= 0.3 is 0 Å². The topological polar surface area (TPSA) is 62.4 Å². The highest BCUT2D eigenvalue weighted by atomic mass is 32.1. The van der Waals surface area contributed by atoms with Gasteiger partial charge in [-0.25, -0.2) is 0 Å². The van der Waals surface area contributed by atoms with E-state index < -0.39 is 0 Å². The minimum absolute atomic E-state index is 0.121. The summed E-state index contributed by atoms with van der Waals surface area (Å²) in [7, 11) is 0. The lowest BCUT2D eigenvalue weighted by molar-refractivity contribution is 0.133. The zero-order chi connectivity index (χ0) is 12.7. The Morgan fingerprint density at radius 1 is 1.39 bits per heavy atom. The molecular weight excluding hydrogens is 246 g/mol. The van der Waals surface area contributed by atoms with Crippen LogP contribution in [-0.4, -0.2) is 34.3 Å². The molecule has 0 bridgehead atoms. The van der Waals surface area contributed by atoms with Crippen LogP contribution in [0.5, 0.6) is 0 Å². The van der Waals surface area contributed by atoms with Crippen molar-refractivity contribution in [3.63, 3.8) is 0 Å². The molecule has 1 aliphatic carbocycles. The Bertz CT molecular complexity index is 462. The molecule has 3 rings (SSSR count). The molecule has 1 saturated heterocycles. The summed E-state index contributed by atoms with van der Waals surface area (Å²) < 4.78 is 0. The molecule has 0 aromatic carbocycles. The molecule has 3 N–H and O–H groups in total. The number of fused-ring (bicyclic) bond motifs is 1. The van der Waals surface area contributed by atoms with Crippen molar-refractivity contribution in [1.82, 2.24) is 4.98 Å². The van der Waals surface area contributed by atoms with Crippen LogP contribution in [0.3, 0.4) is 0 Å². The second-order valence-corrected chi connectivity index (χ2v) is 5.68. The maximum atomic E-state index is 9.91. The fraction of sp³-hybridized carbons (Fsp3) is 0.538. The third kappa shape index (κ3) is 1.97. The monoisotopic (exact) mass is 263 g/mol. The number of hydrogen-bond acceptors (Lipinski definition) is 4. The lowest BCUT2D eigenvalue weighted by Crippen LogP contribution is -2.24. The number of aliphatic hydroxyl groups is 1. The summed E-state index contributed by atoms with van der Waals surface area (Å²) in [4.78, 5) is 6.89. The summed E-state index contributed by atoms with van der Waals surface area (Å²) in [5, 5.41) is 9.91. The van der Waals surface area contributed by atoms with E-state index in [0.29, 0.717) is 22.5 Å². The Kier molecular flexibility index (Phi) is 2.95. The van der Waals surface area contributed by atoms with Gasteiger partial charge in [-0.2, -0.15) is 0 Å². The van der Waals surface area contributed by atoms with Crippen molar-refractivity contribution in [1.29, 1.82) is 0 Å². The molecule has 2 aliphatic rings. The molecule has 0 spiro atoms. The molecule has 18 heavy (non-hydrogen) atoms. The van der Waals surface area contributed by atoms with E-state index in [1.807, 2.05) is 18.3 Å². The lowest BCUT2D eigenvalue weighted by atomic mass is 10.00. The molecule has 3 unspecified atom stereocenters. The summed E-state index contributed by atoms with van der Waals surface area (Å²) in [6.07, 6.45) is 3.80. The Morgan fingerprint density at radius 2 is 2.22 bits per heavy atom. The van der Waals surface area contributed by atoms with E-state index in [1.165, 1.54) is 0 Å². The SMILES string of the molecule is NC(=S)c1ccc(N2CC3CCC(O)C3C2)cn1. The zero-order valence-corrected chi connectivity index (χ0v) is 10.9. The number of aromatic nitrogens is 1. The second kappa shape index (κ2) is 4.48. The van der Waals surface area contributed by atoms with Gasteiger partial charge in [0.05, 0.1) is 23.7 Å². The van der Waals surface area contributed by atoms with Crippen LogP contribution in [-0.2, 0) is 0 Å². The molecule has 2 heterocycles. The Hall–Kier alpha value is -1.20. The maximum Gasteiger partial charge on any atom is 0.122 e. The second-order valence-electron chi connectivity index (χ2n) is 5.24. The van der Waals surface area contributed by atoms with Crippen LogP contribution in [0, 0.1) is 11.8 Å². The number of aliphatic hydroxyl groups excluding tert-OH is 1. The number of hydrogen-bond donors (Lipinski definition) is 2. The minimum Gasteiger partial charge on any atom is -0.393 e. The molecule has 0 amide bonds. The first kappa shape index (κ1) is 11.9. The normalized spacial score (nSPS) is 30.5. The van der Waals surface area contributed by atoms with Crippen LogP contribution in [0.2, 0.25) is 0 Å². The molecule has 1 aromatic rings. The van der Waals surface area contributed by atoms with Crippen molar-refractivity contribution in [2.24, 2.45) is 17.6 Å². The summed E-state index contributed by atoms with van der Waals surface area (Å²) in [5.41, 5.74) is 7.29. The quantitative estimate of drug-likeness (QED) is 0.777. The Labute approximate surface area is 112 Å². The minimum atomic E-state index is -0.121. The van der Waals surface area contributed by atoms with E-state index in [-0.39, 0.29) is 6.10 Å². The van der Waals surface area contributed by atoms with Crippen molar-refractivity contribution < 1.29 is 5.11 Å². The highest BCUT2D eigenvalue weighted by molar-refractivity contribution is 7.80. The standard InChI is InChI=1S/C13H17N3OS/c14-13(18)11-3-2-9(5-15-11)16-6-8-1-4-12(17)10(8)7-16/h2-3,5,8,10,12,17H,1,4,6-7H2,(H2,14,18). The van der Waals surface area contributed by atoms with Gasteiger partial charge in [0.2, 0.25) is 0 Å². The Morgan fingerprint density at radius 3 is 2.83 bits per heavy atom. The fourth-order valence-electron chi connectivity index (χ4n) is 3.17. The third-order valence-corrected chi connectivity index (χ3v) is 4.39. The summed E-state index contributed by atoms with van der Waals surface area (Å²) in [5.74, 6) is 1.07. The van der Waals surface area contributed by atoms with Crippen LogP contribution in [0.4, 0.5) is 5.69 Å². The summed E-state index contributed by atoms with van der Waals surface area (Å²) in [6, 6.07) is 3.87. The van der Waals surface area contributed by atoms with E-state index in [1.54, 1.807) is 0 Å². The van der Waals surface area contributed by atoms with E-state index in [9.17, 15) is 5.11 Å². The van der Waals surface area contributed by atoms with E-state index in [4.69, 9.17) is 18.0 Å². The van der Waals surface area contributed by atoms with Gasteiger partial charge in [-0.1, -0.05) is 12.2 Å². The van der Waals surface area contributed by atoms with Gasteiger partial charge in [-0.15, -0.1) is 0 Å². The molecule has 96 valence electrons. The van der Waals surface area contributed by atoms with Crippen molar-refractivity contribution in [2.75, 3.05) is 18.0 Å². The number of nitrogens with two attached hydrogens (primary N) is 1. The number of anilines is 1. The lowest BCUT2D eigenvalue weighted by Gasteiger charge is -2.20. The van der Waals surface area contributed by atoms with Gasteiger partial charge in [0, 0.05) is 19.0 Å². The molecule has 4 nitrogen and oxygen atoms in total. The molecule has 1 saturated carbocycles. The van der Waals surface area contributed by atoms with Crippen molar-refractivity contribution >= 4 is 22.9 Å². The van der Waals surface area contributed by atoms with Gasteiger partial charge in [-0.05, 0) is 30.9 Å². The summed E-state index contributed by atoms with van der Waals surface area (Å²) in [6.45, 7) is 1.95. The fourth-order valence-corrected chi connectivity index (χ4v) is 3.29. The highest BCUT2D eigenvalue weighted by Crippen LogP contribution is 2.39. The predicted octanol–water partition coefficient (Wildman–Crippen LogP) is 0.923. The first-order valence-corrected chi connectivity index (χ1v) is 6.75. The molecule has 2 fully saturated rings. The van der Waals surface area contributed by atoms with Crippen molar-refractivity contribution in [3.8, 4) is 0 Å². The van der Waals surface area contributed by atoms with Crippen molar-refractivity contribution in [2.45, 2.75) is 18.9 Å². The number of nitrogens with zero attached hydrogens (tertiary/aromatic N) is 2. The molecule has 1 aliphatic heterocycles. The third-order valence-electron chi connectivity index (χ3n) is 4.18. The Balaban J connectivity index is 1.75. The maximum absolute atomic E-state index is 9.91. The average Bonchev–Trinajstić information content (AvgIpc) is 2.92. The van der Waals surface area contributed by atoms with Gasteiger partial charge < -0.3 is 15.7 Å². The van der Waals surface area contributed by atoms with Gasteiger partial charge in [-0.3, -0.25) is 4.98 Å². The molecule has 1 aromatic heterocycles. The van der Waals surface area contributed by atoms with Crippen LogP contribution in [0.1, 0.15) is 18.5 Å². The van der Waals surface area contributed by atoms with E-state index >= 15 is 0 Å².